The number of halogens is 7. The highest BCUT2D eigenvalue weighted by Gasteiger charge is 2.39. The van der Waals surface area contributed by atoms with E-state index >= 15 is 0 Å². The number of nitrogens with one attached hydrogen (secondary N) is 1. The molecule has 3 aromatic rings. The number of fused-ring (bicyclic) bond motifs is 1. The molecular formula is C28H30ClF6N5O4. The van der Waals surface area contributed by atoms with E-state index in [4.69, 9.17) is 26.2 Å². The number of aliphatic carboxylic acids is 1. The third kappa shape index (κ3) is 8.61. The number of aliphatic hydroxyl groups is 1. The Morgan fingerprint density at radius 2 is 1.68 bits per heavy atom. The number of nitrogens with zero attached hydrogens (tertiary/aromatic N) is 4. The third-order valence-electron chi connectivity index (χ3n) is 7.32. The molecule has 5 rings (SSSR count). The van der Waals surface area contributed by atoms with Crippen LogP contribution >= 0.6 is 11.6 Å². The quantitative estimate of drug-likeness (QED) is 0.326. The molecule has 0 bridgehead atoms. The van der Waals surface area contributed by atoms with Gasteiger partial charge in [-0.05, 0) is 61.8 Å². The summed E-state index contributed by atoms with van der Waals surface area (Å²) in [7, 11) is 1.49. The molecule has 0 saturated carbocycles. The summed E-state index contributed by atoms with van der Waals surface area (Å²) in [6.45, 7) is 3.20. The predicted molar refractivity (Wildman–Crippen MR) is 150 cm³/mol. The minimum Gasteiger partial charge on any atom is -0.497 e. The van der Waals surface area contributed by atoms with Gasteiger partial charge in [-0.3, -0.25) is 4.90 Å². The van der Waals surface area contributed by atoms with E-state index in [1.807, 2.05) is 24.3 Å². The van der Waals surface area contributed by atoms with Gasteiger partial charge in [-0.25, -0.2) is 14.8 Å². The van der Waals surface area contributed by atoms with E-state index in [0.29, 0.717) is 17.7 Å². The summed E-state index contributed by atoms with van der Waals surface area (Å²) in [6.07, 6.45) is -8.67. The summed E-state index contributed by atoms with van der Waals surface area (Å²) in [5.74, 6) is -3.30. The number of likely N-dealkylation sites (tertiary alicyclic amines) is 1. The summed E-state index contributed by atoms with van der Waals surface area (Å²) >= 11 is 5.98. The second-order valence-electron chi connectivity index (χ2n) is 10.5. The first-order valence-corrected chi connectivity index (χ1v) is 13.9. The van der Waals surface area contributed by atoms with Crippen LogP contribution in [-0.4, -0.2) is 88.7 Å². The number of rotatable bonds is 6. The zero-order valence-corrected chi connectivity index (χ0v) is 24.1. The summed E-state index contributed by atoms with van der Waals surface area (Å²) in [5, 5.41) is 22.7. The van der Waals surface area contributed by atoms with Crippen LogP contribution in [0.4, 0.5) is 32.2 Å². The zero-order valence-electron chi connectivity index (χ0n) is 23.4. The normalized spacial score (nSPS) is 20.0. The summed E-state index contributed by atoms with van der Waals surface area (Å²) < 4.78 is 77.6. The third-order valence-corrected chi connectivity index (χ3v) is 7.58. The van der Waals surface area contributed by atoms with Crippen LogP contribution in [0.2, 0.25) is 5.02 Å². The van der Waals surface area contributed by atoms with Crippen LogP contribution in [0.1, 0.15) is 24.2 Å². The van der Waals surface area contributed by atoms with E-state index in [1.54, 1.807) is 17.0 Å². The molecule has 0 unspecified atom stereocenters. The largest absolute Gasteiger partial charge is 0.497 e. The van der Waals surface area contributed by atoms with Crippen molar-refractivity contribution < 1.29 is 46.1 Å². The Hall–Kier alpha value is -3.40. The van der Waals surface area contributed by atoms with Crippen molar-refractivity contribution in [1.82, 2.24) is 20.2 Å². The maximum Gasteiger partial charge on any atom is 0.490 e. The number of anilines is 1. The van der Waals surface area contributed by atoms with Crippen molar-refractivity contribution in [2.24, 2.45) is 0 Å². The molecule has 3 heterocycles. The molecular weight excluding hydrogens is 620 g/mol. The van der Waals surface area contributed by atoms with Crippen LogP contribution < -0.4 is 15.0 Å². The van der Waals surface area contributed by atoms with Crippen molar-refractivity contribution in [3.63, 3.8) is 0 Å². The molecule has 3 N–H and O–H groups in total. The fraction of sp³-hybridized carbons (Fsp3) is 0.464. The monoisotopic (exact) mass is 649 g/mol. The Labute approximate surface area is 253 Å². The van der Waals surface area contributed by atoms with Crippen molar-refractivity contribution in [2.75, 3.05) is 38.2 Å². The van der Waals surface area contributed by atoms with Crippen LogP contribution in [0.3, 0.4) is 0 Å². The molecule has 240 valence electrons. The van der Waals surface area contributed by atoms with Gasteiger partial charge in [0.15, 0.2) is 0 Å². The summed E-state index contributed by atoms with van der Waals surface area (Å²) in [4.78, 5) is 20.6. The van der Waals surface area contributed by atoms with Crippen LogP contribution in [0.25, 0.3) is 10.9 Å². The average Bonchev–Trinajstić information content (AvgIpc) is 3.33. The fourth-order valence-corrected chi connectivity index (χ4v) is 5.24. The number of hydrogen-bond donors (Lipinski definition) is 3. The standard InChI is InChI=1S/C26H29ClF3N5O2.C2HF3O2/c1-37-19-6-7-21-20(12-19)24(33-25(32-21)26(28,29)30)35-14-22(23(36)15-35)31-18-8-10-34(11-9-18)13-16-2-4-17(27)5-3-16;3-2(4,5)1(6)7/h2-7,12,18,22-23,31,36H,8-11,13-15H2,1H3;(H,6,7)/t22-,23-;/m1./s1. The molecule has 0 aliphatic carbocycles. The fourth-order valence-electron chi connectivity index (χ4n) is 5.12. The highest BCUT2D eigenvalue weighted by molar-refractivity contribution is 6.30. The second-order valence-corrected chi connectivity index (χ2v) is 10.9. The zero-order chi connectivity index (χ0) is 32.2. The molecule has 44 heavy (non-hydrogen) atoms. The van der Waals surface area contributed by atoms with E-state index in [1.165, 1.54) is 18.7 Å². The van der Waals surface area contributed by atoms with Crippen LogP contribution in [0.15, 0.2) is 42.5 Å². The Kier molecular flexibility index (Phi) is 10.4. The van der Waals surface area contributed by atoms with E-state index in [9.17, 15) is 31.4 Å². The molecule has 2 aromatic carbocycles. The van der Waals surface area contributed by atoms with Crippen molar-refractivity contribution in [1.29, 1.82) is 0 Å². The topological polar surface area (TPSA) is 111 Å². The first kappa shape index (κ1) is 33.5. The van der Waals surface area contributed by atoms with Gasteiger partial charge in [0, 0.05) is 36.1 Å². The number of carboxylic acid groups (broad SMARTS) is 1. The highest BCUT2D eigenvalue weighted by atomic mass is 35.5. The summed E-state index contributed by atoms with van der Waals surface area (Å²) in [6, 6.07) is 12.5. The molecule has 2 aliphatic rings. The first-order chi connectivity index (χ1) is 20.6. The van der Waals surface area contributed by atoms with Gasteiger partial charge >= 0.3 is 18.3 Å². The lowest BCUT2D eigenvalue weighted by Crippen LogP contribution is -2.49. The number of ether oxygens (including phenoxy) is 1. The Bertz CT molecular complexity index is 1440. The van der Waals surface area contributed by atoms with Gasteiger partial charge in [-0.1, -0.05) is 23.7 Å². The van der Waals surface area contributed by atoms with Gasteiger partial charge in [0.1, 0.15) is 11.6 Å². The molecule has 9 nitrogen and oxygen atoms in total. The minimum atomic E-state index is -5.08. The predicted octanol–water partition coefficient (Wildman–Crippen LogP) is 4.75. The number of aromatic nitrogens is 2. The Morgan fingerprint density at radius 1 is 1.05 bits per heavy atom. The Balaban J connectivity index is 0.000000566. The van der Waals surface area contributed by atoms with Crippen LogP contribution in [0.5, 0.6) is 5.75 Å². The molecule has 0 radical (unpaired) electrons. The molecule has 2 fully saturated rings. The summed E-state index contributed by atoms with van der Waals surface area (Å²) in [5.41, 5.74) is 1.39. The van der Waals surface area contributed by atoms with Gasteiger partial charge in [0.05, 0.1) is 24.8 Å². The number of piperidine rings is 1. The van der Waals surface area contributed by atoms with E-state index in [0.717, 1.165) is 37.5 Å². The number of alkyl halides is 6. The van der Waals surface area contributed by atoms with Crippen molar-refractivity contribution >= 4 is 34.3 Å². The lowest BCUT2D eigenvalue weighted by molar-refractivity contribution is -0.192. The van der Waals surface area contributed by atoms with Gasteiger partial charge in [-0.15, -0.1) is 0 Å². The second kappa shape index (κ2) is 13.7. The van der Waals surface area contributed by atoms with Crippen LogP contribution in [0, 0.1) is 0 Å². The van der Waals surface area contributed by atoms with Crippen molar-refractivity contribution in [2.45, 2.75) is 49.9 Å². The van der Waals surface area contributed by atoms with Crippen molar-refractivity contribution in [3.05, 3.63) is 58.9 Å². The SMILES string of the molecule is COc1ccc2nc(C(F)(F)F)nc(N3C[C@@H](O)[C@H](NC4CCN(Cc5ccc(Cl)cc5)CC4)C3)c2c1.O=C(O)C(F)(F)F. The maximum absolute atomic E-state index is 13.5. The number of hydrogen-bond acceptors (Lipinski definition) is 8. The maximum atomic E-state index is 13.5. The van der Waals surface area contributed by atoms with Crippen molar-refractivity contribution in [3.8, 4) is 5.75 Å². The number of aliphatic hydroxyl groups excluding tert-OH is 1. The molecule has 2 atom stereocenters. The number of carboxylic acids is 1. The lowest BCUT2D eigenvalue weighted by atomic mass is 10.0. The molecule has 1 aromatic heterocycles. The molecule has 2 aliphatic heterocycles. The van der Waals surface area contributed by atoms with E-state index in [2.05, 4.69) is 20.2 Å². The number of methoxy groups -OCH3 is 1. The molecule has 2 saturated heterocycles. The number of carbonyl (C=O) groups is 1. The van der Waals surface area contributed by atoms with Gasteiger partial charge < -0.3 is 25.2 Å². The number of β-amino-alcohol motifs (C(OH)–C–C–N with tert-alkyl or cyclic N) is 1. The minimum absolute atomic E-state index is 0.150. The number of benzene rings is 2. The van der Waals surface area contributed by atoms with E-state index in [-0.39, 0.29) is 30.0 Å². The lowest BCUT2D eigenvalue weighted by Gasteiger charge is -2.34. The highest BCUT2D eigenvalue weighted by Crippen LogP contribution is 2.35. The molecule has 0 amide bonds. The molecule has 16 heteroatoms. The Morgan fingerprint density at radius 3 is 2.25 bits per heavy atom. The van der Waals surface area contributed by atoms with Gasteiger partial charge in [0.25, 0.3) is 0 Å². The average molecular weight is 650 g/mol. The molecule has 0 spiro atoms. The van der Waals surface area contributed by atoms with Gasteiger partial charge in [0.2, 0.25) is 5.82 Å². The van der Waals surface area contributed by atoms with Crippen LogP contribution in [-0.2, 0) is 17.5 Å². The van der Waals surface area contributed by atoms with Gasteiger partial charge in [-0.2, -0.15) is 26.3 Å². The smallest absolute Gasteiger partial charge is 0.490 e. The first-order valence-electron chi connectivity index (χ1n) is 13.5. The van der Waals surface area contributed by atoms with E-state index < -0.39 is 30.3 Å².